The maximum absolute atomic E-state index is 12.4. The van der Waals surface area contributed by atoms with Crippen LogP contribution in [0.25, 0.3) is 0 Å². The quantitative estimate of drug-likeness (QED) is 0.375. The zero-order valence-electron chi connectivity index (χ0n) is 18.8. The average Bonchev–Trinajstić information content (AvgIpc) is 2.69. The van der Waals surface area contributed by atoms with Crippen molar-refractivity contribution in [3.63, 3.8) is 0 Å². The van der Waals surface area contributed by atoms with Crippen LogP contribution in [0.5, 0.6) is 0 Å². The minimum atomic E-state index is -0.163. The van der Waals surface area contributed by atoms with E-state index in [0.29, 0.717) is 27.8 Å². The van der Waals surface area contributed by atoms with E-state index in [2.05, 4.69) is 65.8 Å². The van der Waals surface area contributed by atoms with E-state index in [0.717, 1.165) is 0 Å². The van der Waals surface area contributed by atoms with Crippen LogP contribution in [-0.2, 0) is 0 Å². The molecule has 3 aromatic rings. The third-order valence-corrected chi connectivity index (χ3v) is 4.99. The Morgan fingerprint density at radius 2 is 0.933 bits per heavy atom. The molecule has 0 aliphatic heterocycles. The molecule has 0 amide bonds. The van der Waals surface area contributed by atoms with Crippen molar-refractivity contribution in [1.82, 2.24) is 0 Å². The molecule has 0 saturated heterocycles. The lowest BCUT2D eigenvalue weighted by atomic mass is 10.0. The lowest BCUT2D eigenvalue weighted by molar-refractivity contribution is 0.626. The smallest absolute Gasteiger partial charge is 0.123 e. The van der Waals surface area contributed by atoms with Crippen LogP contribution < -0.4 is 0 Å². The van der Waals surface area contributed by atoms with Gasteiger partial charge in [0.25, 0.3) is 0 Å². The molecule has 0 radical (unpaired) electrons. The molecule has 0 spiro atoms. The van der Waals surface area contributed by atoms with E-state index in [-0.39, 0.29) is 5.82 Å². The fraction of sp³-hybridized carbons (Fsp3) is 0.333. The molecule has 162 valence electrons. The predicted molar refractivity (Wildman–Crippen MR) is 132 cm³/mol. The molecule has 0 atom stereocenters. The zero-order valence-corrected chi connectivity index (χ0v) is 20.3. The minimum absolute atomic E-state index is 0.163. The highest BCUT2D eigenvalue weighted by Crippen LogP contribution is 2.23. The summed E-state index contributed by atoms with van der Waals surface area (Å²) in [5.74, 6) is 1.46. The van der Waals surface area contributed by atoms with Crippen molar-refractivity contribution in [2.45, 2.75) is 59.3 Å². The van der Waals surface area contributed by atoms with Gasteiger partial charge in [-0.1, -0.05) is 107 Å². The Balaban J connectivity index is 0.000000226. The minimum Gasteiger partial charge on any atom is -0.207 e. The van der Waals surface area contributed by atoms with E-state index >= 15 is 0 Å². The van der Waals surface area contributed by atoms with E-state index in [9.17, 15) is 4.39 Å². The van der Waals surface area contributed by atoms with Crippen LogP contribution in [0.3, 0.4) is 0 Å². The standard InChI is InChI=1S/C9H10Cl2.C9H11F.C9H12/c1-6(2)7-3-8(10)5-9(11)4-7;1-7(2)8-3-5-9(10)6-4-8;1-8(2)9-6-4-3-5-7-9/h3-6H,1-2H3;3-7H,1-2H3;3-8H,1-2H3. The van der Waals surface area contributed by atoms with Crippen molar-refractivity contribution >= 4 is 23.2 Å². The van der Waals surface area contributed by atoms with Gasteiger partial charge < -0.3 is 0 Å². The summed E-state index contributed by atoms with van der Waals surface area (Å²) in [4.78, 5) is 0. The van der Waals surface area contributed by atoms with Gasteiger partial charge in [0.1, 0.15) is 5.82 Å². The molecule has 0 N–H and O–H groups in total. The Morgan fingerprint density at radius 1 is 0.533 bits per heavy atom. The molecule has 0 unspecified atom stereocenters. The molecule has 3 aromatic carbocycles. The maximum Gasteiger partial charge on any atom is 0.123 e. The number of halogens is 3. The van der Waals surface area contributed by atoms with Crippen molar-refractivity contribution in [3.8, 4) is 0 Å². The molecule has 0 aliphatic carbocycles. The first kappa shape index (κ1) is 26.2. The number of rotatable bonds is 3. The van der Waals surface area contributed by atoms with Crippen LogP contribution in [0.2, 0.25) is 10.0 Å². The largest absolute Gasteiger partial charge is 0.207 e. The van der Waals surface area contributed by atoms with E-state index < -0.39 is 0 Å². The summed E-state index contributed by atoms with van der Waals surface area (Å²) in [5.41, 5.74) is 3.78. The molecular formula is C27H33Cl2F. The third kappa shape index (κ3) is 10.3. The summed E-state index contributed by atoms with van der Waals surface area (Å²) >= 11 is 11.6. The number of benzene rings is 3. The summed E-state index contributed by atoms with van der Waals surface area (Å²) in [7, 11) is 0. The highest BCUT2D eigenvalue weighted by atomic mass is 35.5. The Kier molecular flexibility index (Phi) is 11.8. The van der Waals surface area contributed by atoms with Gasteiger partial charge in [0.15, 0.2) is 0 Å². The number of hydrogen-bond donors (Lipinski definition) is 0. The van der Waals surface area contributed by atoms with Crippen molar-refractivity contribution in [2.24, 2.45) is 0 Å². The Bertz CT molecular complexity index is 834. The van der Waals surface area contributed by atoms with Crippen molar-refractivity contribution in [3.05, 3.63) is 105 Å². The van der Waals surface area contributed by atoms with Crippen molar-refractivity contribution in [1.29, 1.82) is 0 Å². The van der Waals surface area contributed by atoms with Crippen molar-refractivity contribution in [2.75, 3.05) is 0 Å². The summed E-state index contributed by atoms with van der Waals surface area (Å²) in [6.45, 7) is 12.8. The molecule has 0 bridgehead atoms. The first-order chi connectivity index (χ1) is 14.1. The van der Waals surface area contributed by atoms with Crippen molar-refractivity contribution < 1.29 is 4.39 Å². The highest BCUT2D eigenvalue weighted by Gasteiger charge is 2.01. The normalized spacial score (nSPS) is 10.4. The Hall–Kier alpha value is -1.83. The Morgan fingerprint density at radius 3 is 1.30 bits per heavy atom. The van der Waals surface area contributed by atoms with Crippen LogP contribution in [0.15, 0.2) is 72.8 Å². The van der Waals surface area contributed by atoms with Crippen LogP contribution in [0.1, 0.15) is 76.0 Å². The lowest BCUT2D eigenvalue weighted by Crippen LogP contribution is -1.86. The fourth-order valence-electron chi connectivity index (χ4n) is 2.59. The summed E-state index contributed by atoms with van der Waals surface area (Å²) in [6.07, 6.45) is 0. The van der Waals surface area contributed by atoms with Gasteiger partial charge in [-0.05, 0) is 64.8 Å². The monoisotopic (exact) mass is 446 g/mol. The van der Waals surface area contributed by atoms with Crippen LogP contribution in [0, 0.1) is 5.82 Å². The first-order valence-electron chi connectivity index (χ1n) is 10.4. The van der Waals surface area contributed by atoms with E-state index in [1.807, 2.05) is 30.3 Å². The van der Waals surface area contributed by atoms with Gasteiger partial charge in [0, 0.05) is 10.0 Å². The highest BCUT2D eigenvalue weighted by molar-refractivity contribution is 6.34. The molecular weight excluding hydrogens is 414 g/mol. The summed E-state index contributed by atoms with van der Waals surface area (Å²) in [5, 5.41) is 1.42. The summed E-state index contributed by atoms with van der Waals surface area (Å²) < 4.78 is 12.4. The second-order valence-electron chi connectivity index (χ2n) is 8.13. The third-order valence-electron chi connectivity index (χ3n) is 4.55. The molecule has 3 heteroatoms. The van der Waals surface area contributed by atoms with Crippen LogP contribution in [-0.4, -0.2) is 0 Å². The topological polar surface area (TPSA) is 0 Å². The van der Waals surface area contributed by atoms with E-state index in [4.69, 9.17) is 23.2 Å². The first-order valence-corrected chi connectivity index (χ1v) is 11.1. The van der Waals surface area contributed by atoms with Gasteiger partial charge in [-0.25, -0.2) is 4.39 Å². The Labute approximate surface area is 192 Å². The SMILES string of the molecule is CC(C)c1cc(Cl)cc(Cl)c1.CC(C)c1ccc(F)cc1.CC(C)c1ccccc1. The molecule has 0 saturated carbocycles. The van der Waals surface area contributed by atoms with Crippen LogP contribution in [0.4, 0.5) is 4.39 Å². The fourth-order valence-corrected chi connectivity index (χ4v) is 3.14. The molecule has 0 heterocycles. The van der Waals surface area contributed by atoms with Gasteiger partial charge in [-0.15, -0.1) is 0 Å². The molecule has 3 rings (SSSR count). The van der Waals surface area contributed by atoms with Gasteiger partial charge >= 0.3 is 0 Å². The average molecular weight is 447 g/mol. The second-order valence-corrected chi connectivity index (χ2v) is 9.00. The van der Waals surface area contributed by atoms with Gasteiger partial charge in [0.05, 0.1) is 0 Å². The second kappa shape index (κ2) is 13.5. The molecule has 30 heavy (non-hydrogen) atoms. The maximum atomic E-state index is 12.4. The molecule has 0 fully saturated rings. The number of hydrogen-bond acceptors (Lipinski definition) is 0. The van der Waals surface area contributed by atoms with E-state index in [1.54, 1.807) is 6.07 Å². The predicted octanol–water partition coefficient (Wildman–Crippen LogP) is 9.88. The zero-order chi connectivity index (χ0) is 22.7. The van der Waals surface area contributed by atoms with Crippen LogP contribution >= 0.6 is 23.2 Å². The summed E-state index contributed by atoms with van der Waals surface area (Å²) in [6, 6.07) is 22.8. The molecule has 0 aliphatic rings. The molecule has 0 aromatic heterocycles. The van der Waals surface area contributed by atoms with Gasteiger partial charge in [-0.2, -0.15) is 0 Å². The van der Waals surface area contributed by atoms with Gasteiger partial charge in [-0.3, -0.25) is 0 Å². The van der Waals surface area contributed by atoms with E-state index in [1.165, 1.54) is 28.8 Å². The molecule has 0 nitrogen and oxygen atoms in total. The lowest BCUT2D eigenvalue weighted by Gasteiger charge is -2.05. The van der Waals surface area contributed by atoms with Gasteiger partial charge in [0.2, 0.25) is 0 Å².